The number of carboxylic acids is 1. The maximum Gasteiger partial charge on any atom is 0.340 e. The first-order valence-electron chi connectivity index (χ1n) is 4.80. The van der Waals surface area contributed by atoms with E-state index in [0.29, 0.717) is 12.2 Å². The summed E-state index contributed by atoms with van der Waals surface area (Å²) in [5.41, 5.74) is 0.165. The van der Waals surface area contributed by atoms with Gasteiger partial charge < -0.3 is 10.0 Å². The van der Waals surface area contributed by atoms with Crippen molar-refractivity contribution in [2.45, 2.75) is 13.3 Å². The van der Waals surface area contributed by atoms with Gasteiger partial charge in [-0.3, -0.25) is 0 Å². The highest BCUT2D eigenvalue weighted by atomic mass is 19.1. The summed E-state index contributed by atoms with van der Waals surface area (Å²) in [6, 6.07) is 4.29. The lowest BCUT2D eigenvalue weighted by atomic mass is 10.1. The predicted octanol–water partition coefficient (Wildman–Crippen LogP) is 2.37. The van der Waals surface area contributed by atoms with E-state index in [9.17, 15) is 9.18 Å². The lowest BCUT2D eigenvalue weighted by Gasteiger charge is -2.20. The van der Waals surface area contributed by atoms with Gasteiger partial charge in [-0.1, -0.05) is 13.0 Å². The van der Waals surface area contributed by atoms with E-state index in [1.54, 1.807) is 18.0 Å². The molecule has 0 saturated heterocycles. The first-order chi connectivity index (χ1) is 7.07. The van der Waals surface area contributed by atoms with Crippen LogP contribution in [0.25, 0.3) is 0 Å². The van der Waals surface area contributed by atoms with E-state index in [4.69, 9.17) is 5.11 Å². The fourth-order valence-corrected chi connectivity index (χ4v) is 1.50. The van der Waals surface area contributed by atoms with Crippen LogP contribution in [-0.2, 0) is 0 Å². The van der Waals surface area contributed by atoms with Crippen molar-refractivity contribution in [3.8, 4) is 0 Å². The van der Waals surface area contributed by atoms with E-state index in [1.807, 2.05) is 6.92 Å². The Morgan fingerprint density at radius 1 is 1.53 bits per heavy atom. The van der Waals surface area contributed by atoms with Crippen LogP contribution in [0.5, 0.6) is 0 Å². The van der Waals surface area contributed by atoms with Crippen LogP contribution < -0.4 is 4.90 Å². The van der Waals surface area contributed by atoms with Gasteiger partial charge in [0.25, 0.3) is 0 Å². The zero-order valence-corrected chi connectivity index (χ0v) is 8.83. The van der Waals surface area contributed by atoms with Crippen molar-refractivity contribution in [1.29, 1.82) is 0 Å². The predicted molar refractivity (Wildman–Crippen MR) is 56.9 cm³/mol. The van der Waals surface area contributed by atoms with Gasteiger partial charge in [0.15, 0.2) is 0 Å². The number of hydrogen-bond donors (Lipinski definition) is 1. The molecule has 1 aromatic rings. The summed E-state index contributed by atoms with van der Waals surface area (Å²) in [6.45, 7) is 2.68. The maximum atomic E-state index is 13.3. The Labute approximate surface area is 88.1 Å². The quantitative estimate of drug-likeness (QED) is 0.831. The number of benzene rings is 1. The third kappa shape index (κ3) is 2.46. The molecule has 0 aliphatic carbocycles. The van der Waals surface area contributed by atoms with E-state index in [2.05, 4.69) is 0 Å². The van der Waals surface area contributed by atoms with Crippen molar-refractivity contribution >= 4 is 11.7 Å². The first-order valence-corrected chi connectivity index (χ1v) is 4.80. The van der Waals surface area contributed by atoms with Crippen LogP contribution in [-0.4, -0.2) is 24.7 Å². The average molecular weight is 211 g/mol. The topological polar surface area (TPSA) is 40.5 Å². The van der Waals surface area contributed by atoms with Crippen LogP contribution in [0.2, 0.25) is 0 Å². The molecule has 15 heavy (non-hydrogen) atoms. The molecule has 0 spiro atoms. The summed E-state index contributed by atoms with van der Waals surface area (Å²) in [6.07, 6.45) is 0.881. The molecule has 0 saturated carbocycles. The summed E-state index contributed by atoms with van der Waals surface area (Å²) in [5.74, 6) is -1.92. The molecule has 4 heteroatoms. The molecule has 0 amide bonds. The number of carboxylic acid groups (broad SMARTS) is 1. The third-order valence-electron chi connectivity index (χ3n) is 2.18. The van der Waals surface area contributed by atoms with Crippen molar-refractivity contribution < 1.29 is 14.3 Å². The van der Waals surface area contributed by atoms with E-state index in [-0.39, 0.29) is 5.56 Å². The molecular formula is C11H14FNO2. The number of anilines is 1. The number of aromatic carboxylic acids is 1. The fourth-order valence-electron chi connectivity index (χ4n) is 1.50. The molecule has 1 N–H and O–H groups in total. The Balaban J connectivity index is 3.16. The van der Waals surface area contributed by atoms with Gasteiger partial charge in [0, 0.05) is 13.6 Å². The Kier molecular flexibility index (Phi) is 3.66. The monoisotopic (exact) mass is 211 g/mol. The van der Waals surface area contributed by atoms with Gasteiger partial charge in [0.05, 0.1) is 5.69 Å². The molecule has 0 fully saturated rings. The highest BCUT2D eigenvalue weighted by molar-refractivity contribution is 5.94. The Bertz CT molecular complexity index is 366. The molecule has 1 aromatic carbocycles. The van der Waals surface area contributed by atoms with Crippen LogP contribution in [0.15, 0.2) is 18.2 Å². The van der Waals surface area contributed by atoms with Crippen LogP contribution in [0.3, 0.4) is 0 Å². The molecule has 0 unspecified atom stereocenters. The fraction of sp³-hybridized carbons (Fsp3) is 0.364. The van der Waals surface area contributed by atoms with Gasteiger partial charge in [0.1, 0.15) is 11.4 Å². The standard InChI is InChI=1S/C11H14FNO2/c1-3-7-13(2)9-6-4-5-8(12)10(9)11(14)15/h4-6H,3,7H2,1-2H3,(H,14,15). The number of rotatable bonds is 4. The van der Waals surface area contributed by atoms with Crippen LogP contribution in [0, 0.1) is 5.82 Å². The Morgan fingerprint density at radius 3 is 2.73 bits per heavy atom. The first kappa shape index (κ1) is 11.5. The minimum atomic E-state index is -1.23. The molecule has 0 bridgehead atoms. The van der Waals surface area contributed by atoms with Crippen LogP contribution in [0.4, 0.5) is 10.1 Å². The summed E-state index contributed by atoms with van der Waals surface area (Å²) in [5, 5.41) is 8.90. The maximum absolute atomic E-state index is 13.3. The molecule has 82 valence electrons. The highest BCUT2D eigenvalue weighted by Crippen LogP contribution is 2.22. The second-order valence-corrected chi connectivity index (χ2v) is 3.36. The van der Waals surface area contributed by atoms with E-state index in [0.717, 1.165) is 12.5 Å². The summed E-state index contributed by atoms with van der Waals surface area (Å²) < 4.78 is 13.3. The number of halogens is 1. The van der Waals surface area contributed by atoms with Gasteiger partial charge in [-0.05, 0) is 18.6 Å². The molecule has 0 aliphatic rings. The smallest absolute Gasteiger partial charge is 0.340 e. The second-order valence-electron chi connectivity index (χ2n) is 3.36. The largest absolute Gasteiger partial charge is 0.478 e. The third-order valence-corrected chi connectivity index (χ3v) is 2.18. The lowest BCUT2D eigenvalue weighted by Crippen LogP contribution is -2.21. The molecule has 0 atom stereocenters. The lowest BCUT2D eigenvalue weighted by molar-refractivity contribution is 0.0692. The molecule has 0 radical (unpaired) electrons. The van der Waals surface area contributed by atoms with E-state index in [1.165, 1.54) is 6.07 Å². The van der Waals surface area contributed by atoms with Crippen molar-refractivity contribution in [2.75, 3.05) is 18.5 Å². The van der Waals surface area contributed by atoms with Crippen molar-refractivity contribution in [3.05, 3.63) is 29.6 Å². The molecule has 3 nitrogen and oxygen atoms in total. The minimum Gasteiger partial charge on any atom is -0.478 e. The molecule has 1 rings (SSSR count). The zero-order valence-electron chi connectivity index (χ0n) is 8.83. The van der Waals surface area contributed by atoms with Crippen LogP contribution >= 0.6 is 0 Å². The summed E-state index contributed by atoms with van der Waals surface area (Å²) in [4.78, 5) is 12.6. The van der Waals surface area contributed by atoms with Gasteiger partial charge in [-0.2, -0.15) is 0 Å². The Hall–Kier alpha value is -1.58. The number of nitrogens with zero attached hydrogens (tertiary/aromatic N) is 1. The number of carbonyl (C=O) groups is 1. The zero-order chi connectivity index (χ0) is 11.4. The normalized spacial score (nSPS) is 10.1. The summed E-state index contributed by atoms with van der Waals surface area (Å²) >= 11 is 0. The van der Waals surface area contributed by atoms with Crippen LogP contribution in [0.1, 0.15) is 23.7 Å². The molecular weight excluding hydrogens is 197 g/mol. The Morgan fingerprint density at radius 2 is 2.20 bits per heavy atom. The SMILES string of the molecule is CCCN(C)c1cccc(F)c1C(=O)O. The van der Waals surface area contributed by atoms with Crippen molar-refractivity contribution in [1.82, 2.24) is 0 Å². The summed E-state index contributed by atoms with van der Waals surface area (Å²) in [7, 11) is 1.75. The minimum absolute atomic E-state index is 0.256. The highest BCUT2D eigenvalue weighted by Gasteiger charge is 2.17. The van der Waals surface area contributed by atoms with Crippen molar-refractivity contribution in [3.63, 3.8) is 0 Å². The van der Waals surface area contributed by atoms with Crippen molar-refractivity contribution in [2.24, 2.45) is 0 Å². The average Bonchev–Trinajstić information content (AvgIpc) is 2.17. The van der Waals surface area contributed by atoms with Gasteiger partial charge in [-0.25, -0.2) is 9.18 Å². The van der Waals surface area contributed by atoms with Gasteiger partial charge in [-0.15, -0.1) is 0 Å². The molecule has 0 aromatic heterocycles. The molecule has 0 heterocycles. The van der Waals surface area contributed by atoms with Gasteiger partial charge in [0.2, 0.25) is 0 Å². The van der Waals surface area contributed by atoms with E-state index >= 15 is 0 Å². The molecule has 0 aliphatic heterocycles. The van der Waals surface area contributed by atoms with Gasteiger partial charge >= 0.3 is 5.97 Å². The second kappa shape index (κ2) is 4.77. The van der Waals surface area contributed by atoms with E-state index < -0.39 is 11.8 Å². The number of hydrogen-bond acceptors (Lipinski definition) is 2.